The molecule has 0 N–H and O–H groups in total. The Balaban J connectivity index is 4.65. The standard InChI is InChI=1S/C15H32/c1-9-12(6)14(8)15(11(4)5)13(7)10(2)3/h10-15H,9H2,1-8H3. The molecule has 0 saturated carbocycles. The molecule has 0 bridgehead atoms. The summed E-state index contributed by atoms with van der Waals surface area (Å²) in [4.78, 5) is 0. The van der Waals surface area contributed by atoms with E-state index in [1.165, 1.54) is 6.42 Å². The summed E-state index contributed by atoms with van der Waals surface area (Å²) in [7, 11) is 0. The number of rotatable bonds is 6. The highest BCUT2D eigenvalue weighted by Crippen LogP contribution is 2.37. The molecular weight excluding hydrogens is 180 g/mol. The molecule has 0 nitrogen and oxygen atoms in total. The second kappa shape index (κ2) is 6.55. The van der Waals surface area contributed by atoms with Crippen LogP contribution in [-0.2, 0) is 0 Å². The molecule has 4 atom stereocenters. The Labute approximate surface area is 97.8 Å². The normalized spacial score (nSPS) is 20.4. The molecule has 0 aliphatic carbocycles. The van der Waals surface area contributed by atoms with Crippen LogP contribution in [0.15, 0.2) is 0 Å². The van der Waals surface area contributed by atoms with Crippen molar-refractivity contribution in [2.45, 2.75) is 61.8 Å². The van der Waals surface area contributed by atoms with Gasteiger partial charge in [0.15, 0.2) is 0 Å². The SMILES string of the molecule is CCC(C)C(C)C(C(C)C)C(C)C(C)C. The Hall–Kier alpha value is 0. The Morgan fingerprint density at radius 2 is 1.13 bits per heavy atom. The van der Waals surface area contributed by atoms with Crippen LogP contribution in [0, 0.1) is 35.5 Å². The van der Waals surface area contributed by atoms with Crippen molar-refractivity contribution in [3.05, 3.63) is 0 Å². The molecule has 0 aliphatic rings. The van der Waals surface area contributed by atoms with Crippen LogP contribution in [0.3, 0.4) is 0 Å². The summed E-state index contributed by atoms with van der Waals surface area (Å²) in [6, 6.07) is 0. The lowest BCUT2D eigenvalue weighted by atomic mass is 9.68. The van der Waals surface area contributed by atoms with Crippen LogP contribution in [0.2, 0.25) is 0 Å². The first-order valence-corrected chi connectivity index (χ1v) is 6.82. The van der Waals surface area contributed by atoms with Gasteiger partial charge in [0.05, 0.1) is 0 Å². The van der Waals surface area contributed by atoms with Crippen molar-refractivity contribution in [3.63, 3.8) is 0 Å². The topological polar surface area (TPSA) is 0 Å². The van der Waals surface area contributed by atoms with E-state index in [0.29, 0.717) is 0 Å². The minimum atomic E-state index is 0.809. The van der Waals surface area contributed by atoms with Gasteiger partial charge in [-0.2, -0.15) is 0 Å². The smallest absolute Gasteiger partial charge is 0.0335 e. The van der Waals surface area contributed by atoms with Crippen molar-refractivity contribution in [3.8, 4) is 0 Å². The van der Waals surface area contributed by atoms with E-state index in [9.17, 15) is 0 Å². The van der Waals surface area contributed by atoms with E-state index in [4.69, 9.17) is 0 Å². The Kier molecular flexibility index (Phi) is 6.55. The van der Waals surface area contributed by atoms with Gasteiger partial charge in [-0.15, -0.1) is 0 Å². The molecule has 0 saturated heterocycles. The monoisotopic (exact) mass is 212 g/mol. The van der Waals surface area contributed by atoms with Gasteiger partial charge >= 0.3 is 0 Å². The molecule has 92 valence electrons. The van der Waals surface area contributed by atoms with Crippen molar-refractivity contribution in [2.75, 3.05) is 0 Å². The summed E-state index contributed by atoms with van der Waals surface area (Å²) in [5.41, 5.74) is 0. The van der Waals surface area contributed by atoms with Gasteiger partial charge < -0.3 is 0 Å². The molecule has 0 aliphatic heterocycles. The third-order valence-electron chi connectivity index (χ3n) is 4.58. The fourth-order valence-electron chi connectivity index (χ4n) is 2.89. The second-order valence-corrected chi connectivity index (χ2v) is 6.17. The Bertz CT molecular complexity index is 157. The first kappa shape index (κ1) is 15.0. The highest BCUT2D eigenvalue weighted by molar-refractivity contribution is 4.79. The summed E-state index contributed by atoms with van der Waals surface area (Å²) in [5, 5.41) is 0. The molecule has 0 heteroatoms. The quantitative estimate of drug-likeness (QED) is 0.565. The lowest BCUT2D eigenvalue weighted by Gasteiger charge is -2.38. The summed E-state index contributed by atoms with van der Waals surface area (Å²) in [6.45, 7) is 19.1. The first-order valence-electron chi connectivity index (χ1n) is 6.82. The zero-order valence-corrected chi connectivity index (χ0v) is 12.2. The molecule has 0 amide bonds. The molecule has 0 fully saturated rings. The lowest BCUT2D eigenvalue weighted by molar-refractivity contribution is 0.111. The minimum absolute atomic E-state index is 0.809. The fraction of sp³-hybridized carbons (Fsp3) is 1.00. The highest BCUT2D eigenvalue weighted by atomic mass is 14.4. The molecule has 0 radical (unpaired) electrons. The van der Waals surface area contributed by atoms with Gasteiger partial charge in [0.1, 0.15) is 0 Å². The van der Waals surface area contributed by atoms with Gasteiger partial charge in [-0.05, 0) is 35.5 Å². The van der Waals surface area contributed by atoms with Crippen LogP contribution in [0.25, 0.3) is 0 Å². The van der Waals surface area contributed by atoms with E-state index < -0.39 is 0 Å². The minimum Gasteiger partial charge on any atom is -0.0651 e. The van der Waals surface area contributed by atoms with E-state index in [2.05, 4.69) is 55.4 Å². The summed E-state index contributed by atoms with van der Waals surface area (Å²) in [6.07, 6.45) is 1.31. The van der Waals surface area contributed by atoms with E-state index >= 15 is 0 Å². The Morgan fingerprint density at radius 1 is 0.667 bits per heavy atom. The van der Waals surface area contributed by atoms with E-state index in [1.54, 1.807) is 0 Å². The maximum absolute atomic E-state index is 2.46. The van der Waals surface area contributed by atoms with Crippen LogP contribution in [0.5, 0.6) is 0 Å². The van der Waals surface area contributed by atoms with E-state index in [-0.39, 0.29) is 0 Å². The van der Waals surface area contributed by atoms with Gasteiger partial charge in [0, 0.05) is 0 Å². The van der Waals surface area contributed by atoms with Gasteiger partial charge in [-0.25, -0.2) is 0 Å². The van der Waals surface area contributed by atoms with Crippen LogP contribution < -0.4 is 0 Å². The molecule has 0 aromatic rings. The predicted octanol–water partition coefficient (Wildman–Crippen LogP) is 5.23. The van der Waals surface area contributed by atoms with Crippen molar-refractivity contribution < 1.29 is 0 Å². The fourth-order valence-corrected chi connectivity index (χ4v) is 2.89. The third kappa shape index (κ3) is 4.17. The van der Waals surface area contributed by atoms with E-state index in [1.807, 2.05) is 0 Å². The zero-order chi connectivity index (χ0) is 12.2. The van der Waals surface area contributed by atoms with Gasteiger partial charge in [-0.1, -0.05) is 61.8 Å². The van der Waals surface area contributed by atoms with Crippen LogP contribution in [0.1, 0.15) is 61.8 Å². The molecular formula is C15H32. The summed E-state index contributed by atoms with van der Waals surface area (Å²) in [5.74, 6) is 5.05. The van der Waals surface area contributed by atoms with Gasteiger partial charge in [0.2, 0.25) is 0 Å². The molecule has 0 heterocycles. The average molecular weight is 212 g/mol. The van der Waals surface area contributed by atoms with E-state index in [0.717, 1.165) is 35.5 Å². The van der Waals surface area contributed by atoms with Gasteiger partial charge in [0.25, 0.3) is 0 Å². The first-order chi connectivity index (χ1) is 6.82. The summed E-state index contributed by atoms with van der Waals surface area (Å²) >= 11 is 0. The number of hydrogen-bond acceptors (Lipinski definition) is 0. The van der Waals surface area contributed by atoms with Crippen molar-refractivity contribution >= 4 is 0 Å². The molecule has 15 heavy (non-hydrogen) atoms. The lowest BCUT2D eigenvalue weighted by Crippen LogP contribution is -2.31. The average Bonchev–Trinajstić information content (AvgIpc) is 2.15. The van der Waals surface area contributed by atoms with Crippen molar-refractivity contribution in [1.82, 2.24) is 0 Å². The maximum Gasteiger partial charge on any atom is -0.0335 e. The van der Waals surface area contributed by atoms with Crippen molar-refractivity contribution in [2.24, 2.45) is 35.5 Å². The summed E-state index contributed by atoms with van der Waals surface area (Å²) < 4.78 is 0. The van der Waals surface area contributed by atoms with Crippen molar-refractivity contribution in [1.29, 1.82) is 0 Å². The number of hydrogen-bond donors (Lipinski definition) is 0. The zero-order valence-electron chi connectivity index (χ0n) is 12.2. The highest BCUT2D eigenvalue weighted by Gasteiger charge is 2.30. The van der Waals surface area contributed by atoms with Crippen LogP contribution >= 0.6 is 0 Å². The molecule has 0 aromatic heterocycles. The van der Waals surface area contributed by atoms with Crippen LogP contribution in [-0.4, -0.2) is 0 Å². The predicted molar refractivity (Wildman–Crippen MR) is 70.9 cm³/mol. The molecule has 0 spiro atoms. The molecule has 0 aromatic carbocycles. The van der Waals surface area contributed by atoms with Gasteiger partial charge in [-0.3, -0.25) is 0 Å². The Morgan fingerprint density at radius 3 is 1.40 bits per heavy atom. The third-order valence-corrected chi connectivity index (χ3v) is 4.58. The molecule has 4 unspecified atom stereocenters. The van der Waals surface area contributed by atoms with Crippen LogP contribution in [0.4, 0.5) is 0 Å². The second-order valence-electron chi connectivity index (χ2n) is 6.17. The maximum atomic E-state index is 2.46. The largest absolute Gasteiger partial charge is 0.0651 e. The molecule has 0 rings (SSSR count).